The minimum Gasteiger partial charge on any atom is -0.489 e. The summed E-state index contributed by atoms with van der Waals surface area (Å²) < 4.78 is 12.3. The van der Waals surface area contributed by atoms with Crippen molar-refractivity contribution in [2.45, 2.75) is 25.2 Å². The average Bonchev–Trinajstić information content (AvgIpc) is 3.07. The Balaban J connectivity index is 0.00000225. The van der Waals surface area contributed by atoms with Crippen LogP contribution in [0.4, 0.5) is 0 Å². The van der Waals surface area contributed by atoms with Crippen LogP contribution < -0.4 is 9.47 Å². The molecule has 0 bridgehead atoms. The third-order valence-corrected chi connectivity index (χ3v) is 5.14. The molecule has 0 N–H and O–H groups in total. The molecule has 0 saturated carbocycles. The van der Waals surface area contributed by atoms with Gasteiger partial charge in [0.25, 0.3) is 0 Å². The van der Waals surface area contributed by atoms with E-state index in [2.05, 4.69) is 55.4 Å². The maximum atomic E-state index is 6.40. The Morgan fingerprint density at radius 1 is 0.821 bits per heavy atom. The molecule has 146 valence electrons. The Morgan fingerprint density at radius 2 is 1.46 bits per heavy atom. The summed E-state index contributed by atoms with van der Waals surface area (Å²) in [7, 11) is 4.24. The van der Waals surface area contributed by atoms with Gasteiger partial charge < -0.3 is 14.4 Å². The van der Waals surface area contributed by atoms with Gasteiger partial charge in [0.15, 0.2) is 0 Å². The maximum Gasteiger partial charge on any atom is 0.140 e. The van der Waals surface area contributed by atoms with E-state index >= 15 is 0 Å². The largest absolute Gasteiger partial charge is 0.489 e. The molecule has 2 atom stereocenters. The summed E-state index contributed by atoms with van der Waals surface area (Å²) in [6.07, 6.45) is 1.07. The molecule has 4 rings (SSSR count). The first-order valence-corrected chi connectivity index (χ1v) is 9.38. The summed E-state index contributed by atoms with van der Waals surface area (Å²) in [6.45, 7) is 0.569. The molecule has 0 unspecified atom stereocenters. The lowest BCUT2D eigenvalue weighted by Crippen LogP contribution is -2.34. The van der Waals surface area contributed by atoms with Crippen molar-refractivity contribution in [3.8, 4) is 11.5 Å². The molecule has 0 spiro atoms. The molecule has 3 aromatic rings. The van der Waals surface area contributed by atoms with Gasteiger partial charge in [-0.15, -0.1) is 12.4 Å². The first-order valence-electron chi connectivity index (χ1n) is 9.38. The molecule has 0 saturated heterocycles. The van der Waals surface area contributed by atoms with E-state index in [1.807, 2.05) is 42.5 Å². The van der Waals surface area contributed by atoms with Gasteiger partial charge in [0.2, 0.25) is 0 Å². The van der Waals surface area contributed by atoms with E-state index in [1.165, 1.54) is 11.1 Å². The molecule has 0 radical (unpaired) electrons. The summed E-state index contributed by atoms with van der Waals surface area (Å²) in [5, 5.41) is 0. The van der Waals surface area contributed by atoms with E-state index < -0.39 is 0 Å². The van der Waals surface area contributed by atoms with Crippen LogP contribution >= 0.6 is 12.4 Å². The van der Waals surface area contributed by atoms with Crippen molar-refractivity contribution in [1.29, 1.82) is 0 Å². The summed E-state index contributed by atoms with van der Waals surface area (Å²) in [6, 6.07) is 27.1. The second-order valence-electron chi connectivity index (χ2n) is 7.22. The van der Waals surface area contributed by atoms with Crippen LogP contribution in [0.25, 0.3) is 0 Å². The van der Waals surface area contributed by atoms with Gasteiger partial charge in [-0.25, -0.2) is 0 Å². The van der Waals surface area contributed by atoms with E-state index in [4.69, 9.17) is 9.47 Å². The molecule has 0 fully saturated rings. The van der Waals surface area contributed by atoms with Gasteiger partial charge in [-0.2, -0.15) is 0 Å². The van der Waals surface area contributed by atoms with Crippen LogP contribution in [0.1, 0.15) is 22.8 Å². The number of halogens is 1. The van der Waals surface area contributed by atoms with Crippen LogP contribution in [-0.2, 0) is 13.0 Å². The Hall–Kier alpha value is -2.49. The van der Waals surface area contributed by atoms with Gasteiger partial charge in [-0.3, -0.25) is 0 Å². The Morgan fingerprint density at radius 3 is 2.18 bits per heavy atom. The van der Waals surface area contributed by atoms with Crippen LogP contribution in [0.2, 0.25) is 0 Å². The Bertz CT molecular complexity index is 881. The van der Waals surface area contributed by atoms with Gasteiger partial charge in [-0.1, -0.05) is 54.6 Å². The summed E-state index contributed by atoms with van der Waals surface area (Å²) in [5.74, 6) is 1.72. The van der Waals surface area contributed by atoms with Gasteiger partial charge in [0, 0.05) is 0 Å². The zero-order valence-corrected chi connectivity index (χ0v) is 17.1. The number of hydrogen-bond donors (Lipinski definition) is 0. The molecule has 1 aliphatic rings. The molecule has 4 heteroatoms. The quantitative estimate of drug-likeness (QED) is 0.565. The van der Waals surface area contributed by atoms with E-state index in [9.17, 15) is 0 Å². The zero-order chi connectivity index (χ0) is 18.6. The van der Waals surface area contributed by atoms with Gasteiger partial charge in [-0.05, 0) is 61.5 Å². The predicted octanol–water partition coefficient (Wildman–Crippen LogP) is 5.29. The maximum absolute atomic E-state index is 6.40. The highest BCUT2D eigenvalue weighted by Gasteiger charge is 2.35. The summed E-state index contributed by atoms with van der Waals surface area (Å²) >= 11 is 0. The average molecular weight is 396 g/mol. The van der Waals surface area contributed by atoms with E-state index in [1.54, 1.807) is 0 Å². The second kappa shape index (κ2) is 9.13. The fraction of sp³-hybridized carbons (Fsp3) is 0.250. The topological polar surface area (TPSA) is 21.7 Å². The predicted molar refractivity (Wildman–Crippen MR) is 115 cm³/mol. The standard InChI is InChI=1S/C24H25NO2.ClH/c1-25(2)23-16-19-10-6-7-11-22(19)24(23)27-21-14-12-20(13-15-21)26-17-18-8-4-3-5-9-18;/h3-15,23-24H,16-17H2,1-2H3;1H/t23-,24+;/m0./s1. The third-order valence-electron chi connectivity index (χ3n) is 5.14. The minimum absolute atomic E-state index is 0. The minimum atomic E-state index is 0. The highest BCUT2D eigenvalue weighted by atomic mass is 35.5. The van der Waals surface area contributed by atoms with Crippen LogP contribution in [0.15, 0.2) is 78.9 Å². The van der Waals surface area contributed by atoms with Crippen LogP contribution in [0.5, 0.6) is 11.5 Å². The summed E-state index contributed by atoms with van der Waals surface area (Å²) in [5.41, 5.74) is 3.83. The second-order valence-corrected chi connectivity index (χ2v) is 7.22. The molecule has 0 amide bonds. The molecule has 3 nitrogen and oxygen atoms in total. The fourth-order valence-electron chi connectivity index (χ4n) is 3.63. The number of ether oxygens (including phenoxy) is 2. The fourth-order valence-corrected chi connectivity index (χ4v) is 3.63. The molecular weight excluding hydrogens is 370 g/mol. The number of hydrogen-bond acceptors (Lipinski definition) is 3. The van der Waals surface area contributed by atoms with Gasteiger partial charge in [0.05, 0.1) is 6.04 Å². The van der Waals surface area contributed by atoms with Crippen molar-refractivity contribution >= 4 is 12.4 Å². The lowest BCUT2D eigenvalue weighted by atomic mass is 10.1. The molecule has 0 heterocycles. The van der Waals surface area contributed by atoms with Crippen molar-refractivity contribution in [1.82, 2.24) is 4.90 Å². The number of fused-ring (bicyclic) bond motifs is 1. The van der Waals surface area contributed by atoms with Crippen LogP contribution in [0.3, 0.4) is 0 Å². The first-order chi connectivity index (χ1) is 13.2. The monoisotopic (exact) mass is 395 g/mol. The normalized spacial score (nSPS) is 17.7. The third kappa shape index (κ3) is 4.49. The number of likely N-dealkylation sites (N-methyl/N-ethyl adjacent to an activating group) is 1. The van der Waals surface area contributed by atoms with E-state index in [0.717, 1.165) is 23.5 Å². The molecule has 0 aliphatic heterocycles. The number of rotatable bonds is 6. The van der Waals surface area contributed by atoms with E-state index in [-0.39, 0.29) is 18.5 Å². The lowest BCUT2D eigenvalue weighted by molar-refractivity contribution is 0.111. The zero-order valence-electron chi connectivity index (χ0n) is 16.2. The van der Waals surface area contributed by atoms with Gasteiger partial charge >= 0.3 is 0 Å². The molecule has 3 aromatic carbocycles. The highest BCUT2D eigenvalue weighted by Crippen LogP contribution is 2.37. The lowest BCUT2D eigenvalue weighted by Gasteiger charge is -2.27. The molecule has 28 heavy (non-hydrogen) atoms. The SMILES string of the molecule is CN(C)[C@H]1Cc2ccccc2[C@H]1Oc1ccc(OCc2ccccc2)cc1.Cl. The Kier molecular flexibility index (Phi) is 6.61. The van der Waals surface area contributed by atoms with Crippen molar-refractivity contribution in [2.75, 3.05) is 14.1 Å². The summed E-state index contributed by atoms with van der Waals surface area (Å²) in [4.78, 5) is 2.25. The molecular formula is C24H26ClNO2. The highest BCUT2D eigenvalue weighted by molar-refractivity contribution is 5.85. The smallest absolute Gasteiger partial charge is 0.140 e. The van der Waals surface area contributed by atoms with Crippen molar-refractivity contribution < 1.29 is 9.47 Å². The van der Waals surface area contributed by atoms with Crippen LogP contribution in [0, 0.1) is 0 Å². The van der Waals surface area contributed by atoms with Crippen molar-refractivity contribution in [3.63, 3.8) is 0 Å². The van der Waals surface area contributed by atoms with Crippen molar-refractivity contribution in [2.24, 2.45) is 0 Å². The van der Waals surface area contributed by atoms with E-state index in [0.29, 0.717) is 12.6 Å². The van der Waals surface area contributed by atoms with Crippen molar-refractivity contribution in [3.05, 3.63) is 95.6 Å². The van der Waals surface area contributed by atoms with Crippen LogP contribution in [-0.4, -0.2) is 25.0 Å². The van der Waals surface area contributed by atoms with Gasteiger partial charge in [0.1, 0.15) is 24.2 Å². The molecule has 0 aromatic heterocycles. The first kappa shape index (κ1) is 20.2. The molecule has 1 aliphatic carbocycles. The Labute approximate surface area is 173 Å². The number of nitrogens with zero attached hydrogens (tertiary/aromatic N) is 1. The number of benzene rings is 3.